The van der Waals surface area contributed by atoms with Gasteiger partial charge in [-0.1, -0.05) is 123 Å². The van der Waals surface area contributed by atoms with Crippen LogP contribution in [-0.4, -0.2) is 18.5 Å². The van der Waals surface area contributed by atoms with E-state index in [2.05, 4.69) is 72.9 Å². The third-order valence-electron chi connectivity index (χ3n) is 6.55. The molecule has 0 fully saturated rings. The minimum atomic E-state index is -1.20. The third-order valence-corrected chi connectivity index (χ3v) is 10.7. The zero-order chi connectivity index (χ0) is 26.1. The molecule has 1 aromatic rings. The van der Waals surface area contributed by atoms with E-state index in [0.29, 0.717) is 0 Å². The van der Waals surface area contributed by atoms with Crippen molar-refractivity contribution in [2.24, 2.45) is 22.5 Å². The summed E-state index contributed by atoms with van der Waals surface area (Å²) in [5.74, 6) is 2.46. The summed E-state index contributed by atoms with van der Waals surface area (Å²) in [6.45, 7) is 21.6. The number of hydrogen-bond donors (Lipinski definition) is 0. The van der Waals surface area contributed by atoms with E-state index >= 15 is 0 Å². The summed E-state index contributed by atoms with van der Waals surface area (Å²) < 4.78 is 5.51. The van der Waals surface area contributed by atoms with Crippen LogP contribution in [0.1, 0.15) is 92.1 Å². The normalized spacial score (nSPS) is 12.8. The number of nitrogens with zero attached hydrogens (tertiary/aromatic N) is 1. The van der Waals surface area contributed by atoms with Crippen LogP contribution in [-0.2, 0) is 21.7 Å². The Bertz CT molecular complexity index is 803. The minimum Gasteiger partial charge on any atom is -0.272 e. The summed E-state index contributed by atoms with van der Waals surface area (Å²) >= 11 is 0. The van der Waals surface area contributed by atoms with Crippen LogP contribution in [0.5, 0.6) is 0 Å². The molecule has 0 saturated carbocycles. The maximum absolute atomic E-state index is 5.51. The molecular weight excluding hydrogens is 489 g/mol. The average Bonchev–Trinajstić information content (AvgIpc) is 3.31. The molecule has 0 atom stereocenters. The molecule has 200 valence electrons. The number of rotatable bonds is 15. The van der Waals surface area contributed by atoms with Crippen LogP contribution in [0.4, 0.5) is 0 Å². The van der Waals surface area contributed by atoms with E-state index in [0.717, 1.165) is 35.3 Å². The van der Waals surface area contributed by atoms with Gasteiger partial charge < -0.3 is 0 Å². The predicted molar refractivity (Wildman–Crippen MR) is 164 cm³/mol. The van der Waals surface area contributed by atoms with Crippen molar-refractivity contribution in [2.45, 2.75) is 86.5 Å². The summed E-state index contributed by atoms with van der Waals surface area (Å²) in [5.41, 5.74) is 3.48. The maximum atomic E-state index is 5.51. The summed E-state index contributed by atoms with van der Waals surface area (Å²) in [5, 5.41) is 0. The zero-order valence-electron chi connectivity index (χ0n) is 24.3. The van der Waals surface area contributed by atoms with Crippen LogP contribution in [0.25, 0.3) is 5.57 Å². The Morgan fingerprint density at radius 2 is 1.33 bits per heavy atom. The van der Waals surface area contributed by atoms with Crippen LogP contribution in [0.3, 0.4) is 0 Å². The number of hydrogen-bond acceptors (Lipinski definition) is 1. The largest absolute Gasteiger partial charge is 0.272 e. The van der Waals surface area contributed by atoms with Gasteiger partial charge >= 0.3 is 0 Å². The second-order valence-corrected chi connectivity index (χ2v) is 15.1. The Hall–Kier alpha value is -0.876. The molecule has 0 amide bonds. The fraction of sp³-hybridized carbons (Fsp3) is 0.576. The Morgan fingerprint density at radius 3 is 1.69 bits per heavy atom. The fourth-order valence-corrected chi connectivity index (χ4v) is 8.40. The van der Waals surface area contributed by atoms with Crippen molar-refractivity contribution >= 4 is 12.6 Å². The van der Waals surface area contributed by atoms with Gasteiger partial charge in [0.25, 0.3) is 0 Å². The van der Waals surface area contributed by atoms with E-state index in [-0.39, 0.29) is 21.7 Å². The molecule has 1 aliphatic rings. The van der Waals surface area contributed by atoms with Gasteiger partial charge in [-0.2, -0.15) is 0 Å². The fourth-order valence-electron chi connectivity index (χ4n) is 4.42. The van der Waals surface area contributed by atoms with Crippen molar-refractivity contribution in [3.63, 3.8) is 0 Å². The molecule has 0 bridgehead atoms. The van der Waals surface area contributed by atoms with Crippen molar-refractivity contribution in [2.75, 3.05) is 18.5 Å². The van der Waals surface area contributed by atoms with Crippen molar-refractivity contribution in [1.29, 1.82) is 0 Å². The SMILES string of the molecule is C=CC(=C)c1ccccc1.CC(C)CCCP(CCCC(C)C)(CCCC(C)C)=NC1=CC=CC1.[Ti]. The molecule has 1 aromatic carbocycles. The Labute approximate surface area is 240 Å². The molecule has 1 nitrogen and oxygen atoms in total. The van der Waals surface area contributed by atoms with Crippen LogP contribution < -0.4 is 0 Å². The molecule has 0 N–H and O–H groups in total. The van der Waals surface area contributed by atoms with E-state index in [9.17, 15) is 0 Å². The summed E-state index contributed by atoms with van der Waals surface area (Å²) in [6.07, 6.45) is 21.9. The standard InChI is InChI=1S/C23H44NP.C10H10.Ti/c1-20(2)12-9-17-25(18-10-13-21(3)4,19-11-14-22(5)6)24-23-15-7-8-16-23;1-3-9(2)10-7-5-4-6-8-10;/h7-8,15,20-22H,9-14,16-19H2,1-6H3;3-8H,1-2H2;. The van der Waals surface area contributed by atoms with Gasteiger partial charge in [-0.05, 0) is 79.8 Å². The molecule has 0 saturated heterocycles. The molecular formula is C33H54NPTi. The molecule has 36 heavy (non-hydrogen) atoms. The first-order chi connectivity index (χ1) is 16.7. The smallest absolute Gasteiger partial charge is 0.0425 e. The summed E-state index contributed by atoms with van der Waals surface area (Å²) in [6, 6.07) is 10.0. The topological polar surface area (TPSA) is 12.4 Å². The van der Waals surface area contributed by atoms with E-state index in [4.69, 9.17) is 4.74 Å². The predicted octanol–water partition coefficient (Wildman–Crippen LogP) is 11.2. The van der Waals surface area contributed by atoms with Gasteiger partial charge in [-0.15, -0.1) is 0 Å². The van der Waals surface area contributed by atoms with Crippen LogP contribution in [0, 0.1) is 17.8 Å². The van der Waals surface area contributed by atoms with Gasteiger partial charge in [0.2, 0.25) is 0 Å². The van der Waals surface area contributed by atoms with Crippen LogP contribution >= 0.6 is 7.05 Å². The van der Waals surface area contributed by atoms with E-state index in [1.54, 1.807) is 6.08 Å². The Morgan fingerprint density at radius 1 is 0.861 bits per heavy atom. The maximum Gasteiger partial charge on any atom is 0.0425 e. The van der Waals surface area contributed by atoms with E-state index in [1.807, 2.05) is 30.3 Å². The molecule has 0 heterocycles. The van der Waals surface area contributed by atoms with Crippen LogP contribution in [0.15, 0.2) is 78.2 Å². The van der Waals surface area contributed by atoms with Crippen molar-refractivity contribution in [3.8, 4) is 0 Å². The number of allylic oxidation sites excluding steroid dienone is 5. The summed E-state index contributed by atoms with van der Waals surface area (Å²) in [7, 11) is -1.20. The summed E-state index contributed by atoms with van der Waals surface area (Å²) in [4.78, 5) is 0. The number of benzene rings is 1. The molecule has 0 unspecified atom stereocenters. The second-order valence-electron chi connectivity index (χ2n) is 11.4. The van der Waals surface area contributed by atoms with Gasteiger partial charge in [0.15, 0.2) is 0 Å². The Balaban J connectivity index is 0.000000930. The zero-order valence-corrected chi connectivity index (χ0v) is 26.8. The van der Waals surface area contributed by atoms with Crippen LogP contribution in [0.2, 0.25) is 0 Å². The van der Waals surface area contributed by atoms with Gasteiger partial charge in [-0.25, -0.2) is 0 Å². The first kappa shape index (κ1) is 35.1. The van der Waals surface area contributed by atoms with Gasteiger partial charge in [-0.3, -0.25) is 4.74 Å². The van der Waals surface area contributed by atoms with E-state index in [1.165, 1.54) is 62.7 Å². The first-order valence-electron chi connectivity index (χ1n) is 14.0. The average molecular weight is 544 g/mol. The molecule has 0 spiro atoms. The van der Waals surface area contributed by atoms with Crippen molar-refractivity contribution in [1.82, 2.24) is 0 Å². The third kappa shape index (κ3) is 16.1. The first-order valence-corrected chi connectivity index (χ1v) is 16.3. The Kier molecular flexibility index (Phi) is 19.6. The minimum absolute atomic E-state index is 0. The van der Waals surface area contributed by atoms with Gasteiger partial charge in [0.05, 0.1) is 0 Å². The molecule has 0 radical (unpaired) electrons. The van der Waals surface area contributed by atoms with E-state index < -0.39 is 7.05 Å². The monoisotopic (exact) mass is 543 g/mol. The van der Waals surface area contributed by atoms with Crippen molar-refractivity contribution < 1.29 is 21.7 Å². The van der Waals surface area contributed by atoms with Gasteiger partial charge in [0.1, 0.15) is 0 Å². The van der Waals surface area contributed by atoms with Crippen molar-refractivity contribution in [3.05, 3.63) is 79.1 Å². The van der Waals surface area contributed by atoms with Gasteiger partial charge in [0, 0.05) is 33.8 Å². The second kappa shape index (κ2) is 20.1. The quantitative estimate of drug-likeness (QED) is 0.119. The molecule has 2 rings (SSSR count). The molecule has 0 aromatic heterocycles. The molecule has 3 heteroatoms. The molecule has 0 aliphatic heterocycles. The molecule has 1 aliphatic carbocycles.